The van der Waals surface area contributed by atoms with Crippen molar-refractivity contribution in [3.05, 3.63) is 17.7 Å². The van der Waals surface area contributed by atoms with Crippen molar-refractivity contribution in [1.82, 2.24) is 9.97 Å². The van der Waals surface area contributed by atoms with Gasteiger partial charge in [0.15, 0.2) is 0 Å². The Morgan fingerprint density at radius 2 is 2.19 bits per heavy atom. The van der Waals surface area contributed by atoms with Gasteiger partial charge in [-0.05, 0) is 13.3 Å². The van der Waals surface area contributed by atoms with E-state index in [0.29, 0.717) is 5.82 Å². The van der Waals surface area contributed by atoms with Crippen LogP contribution in [0, 0.1) is 6.92 Å². The zero-order valence-electron chi connectivity index (χ0n) is 8.75. The number of hydrogen-bond acceptors (Lipinski definition) is 6. The molecule has 0 amide bonds. The van der Waals surface area contributed by atoms with E-state index in [1.807, 2.05) is 0 Å². The van der Waals surface area contributed by atoms with Crippen molar-refractivity contribution >= 4 is 15.8 Å². The first-order valence-electron chi connectivity index (χ1n) is 4.42. The summed E-state index contributed by atoms with van der Waals surface area (Å²) in [6.45, 7) is 3.22. The lowest BCUT2D eigenvalue weighted by Crippen LogP contribution is -2.13. The molecule has 8 heteroatoms. The first kappa shape index (κ1) is 12.5. The van der Waals surface area contributed by atoms with E-state index in [-0.39, 0.29) is 17.8 Å². The largest absolute Gasteiger partial charge is 0.411 e. The molecular weight excluding hydrogens is 234 g/mol. The predicted octanol–water partition coefficient (Wildman–Crippen LogP) is 0.620. The molecule has 0 aliphatic heterocycles. The maximum absolute atomic E-state index is 11.0. The minimum Gasteiger partial charge on any atom is -0.411 e. The molecule has 0 bridgehead atoms. The van der Waals surface area contributed by atoms with Crippen LogP contribution in [0.3, 0.4) is 0 Å². The van der Waals surface area contributed by atoms with Crippen LogP contribution >= 0.6 is 0 Å². The van der Waals surface area contributed by atoms with E-state index in [9.17, 15) is 8.42 Å². The minimum atomic E-state index is -4.43. The second-order valence-corrected chi connectivity index (χ2v) is 4.40. The molecule has 0 saturated carbocycles. The summed E-state index contributed by atoms with van der Waals surface area (Å²) < 4.78 is 31.0. The average molecular weight is 245 g/mol. The zero-order valence-corrected chi connectivity index (χ0v) is 9.56. The first-order chi connectivity index (χ1) is 7.40. The summed E-state index contributed by atoms with van der Waals surface area (Å²) >= 11 is 0. The molecule has 0 atom stereocenters. The molecular formula is C8H11N3O4S. The average Bonchev–Trinajstić information content (AvgIpc) is 2.17. The maximum atomic E-state index is 11.0. The highest BCUT2D eigenvalue weighted by molar-refractivity contribution is 7.86. The Bertz CT molecular complexity index is 524. The molecule has 0 fully saturated rings. The summed E-state index contributed by atoms with van der Waals surface area (Å²) in [6, 6.07) is 0. The number of hydrogen-bond donors (Lipinski definition) is 2. The van der Waals surface area contributed by atoms with Crippen molar-refractivity contribution in [3.8, 4) is 0 Å². The number of nitrogens with zero attached hydrogens (tertiary/aromatic N) is 3. The normalized spacial score (nSPS) is 12.8. The standard InChI is InChI=1S/C8H11N3O4S/c1-3-6(11-12)8-7(16(13,14)15)4-9-5(2)10-8/h4,12H,3H2,1-2H3,(H,13,14,15). The third-order valence-corrected chi connectivity index (χ3v) is 2.74. The van der Waals surface area contributed by atoms with E-state index in [1.165, 1.54) is 0 Å². The van der Waals surface area contributed by atoms with E-state index in [4.69, 9.17) is 9.76 Å². The second-order valence-electron chi connectivity index (χ2n) is 3.01. The number of aromatic nitrogens is 2. The van der Waals surface area contributed by atoms with Gasteiger partial charge in [0.1, 0.15) is 22.1 Å². The maximum Gasteiger partial charge on any atom is 0.298 e. The van der Waals surface area contributed by atoms with Gasteiger partial charge in [0, 0.05) is 0 Å². The number of rotatable bonds is 3. The fourth-order valence-electron chi connectivity index (χ4n) is 1.14. The molecule has 7 nitrogen and oxygen atoms in total. The van der Waals surface area contributed by atoms with Gasteiger partial charge in [-0.1, -0.05) is 12.1 Å². The van der Waals surface area contributed by atoms with Crippen molar-refractivity contribution in [1.29, 1.82) is 0 Å². The van der Waals surface area contributed by atoms with Gasteiger partial charge in [0.05, 0.1) is 6.20 Å². The van der Waals surface area contributed by atoms with Crippen LogP contribution in [-0.4, -0.2) is 33.9 Å². The predicted molar refractivity (Wildman–Crippen MR) is 55.2 cm³/mol. The Balaban J connectivity index is 3.53. The Hall–Kier alpha value is -1.54. The third kappa shape index (κ3) is 2.52. The Morgan fingerprint density at radius 3 is 2.62 bits per heavy atom. The quantitative estimate of drug-likeness (QED) is 0.349. The fourth-order valence-corrected chi connectivity index (χ4v) is 1.73. The summed E-state index contributed by atoms with van der Waals surface area (Å²) in [5.41, 5.74) is -0.0156. The highest BCUT2D eigenvalue weighted by Gasteiger charge is 2.21. The van der Waals surface area contributed by atoms with Crippen molar-refractivity contribution in [2.24, 2.45) is 5.16 Å². The molecule has 0 aromatic carbocycles. The van der Waals surface area contributed by atoms with E-state index in [1.54, 1.807) is 13.8 Å². The van der Waals surface area contributed by atoms with Crippen LogP contribution in [0.1, 0.15) is 24.9 Å². The molecule has 16 heavy (non-hydrogen) atoms. The summed E-state index contributed by atoms with van der Waals surface area (Å²) in [5, 5.41) is 11.7. The van der Waals surface area contributed by atoms with Gasteiger partial charge in [-0.2, -0.15) is 8.42 Å². The lowest BCUT2D eigenvalue weighted by molar-refractivity contribution is 0.318. The van der Waals surface area contributed by atoms with Gasteiger partial charge >= 0.3 is 0 Å². The Labute approximate surface area is 92.6 Å². The molecule has 0 unspecified atom stereocenters. The Morgan fingerprint density at radius 1 is 1.56 bits per heavy atom. The lowest BCUT2D eigenvalue weighted by atomic mass is 10.2. The van der Waals surface area contributed by atoms with Crippen LogP contribution in [0.15, 0.2) is 16.2 Å². The Kier molecular flexibility index (Phi) is 3.55. The van der Waals surface area contributed by atoms with Crippen molar-refractivity contribution in [2.75, 3.05) is 0 Å². The molecule has 0 aliphatic rings. The molecule has 1 aromatic rings. The van der Waals surface area contributed by atoms with Crippen LogP contribution in [0.4, 0.5) is 0 Å². The van der Waals surface area contributed by atoms with Crippen molar-refractivity contribution < 1.29 is 18.2 Å². The zero-order chi connectivity index (χ0) is 12.3. The highest BCUT2D eigenvalue weighted by atomic mass is 32.2. The molecule has 88 valence electrons. The van der Waals surface area contributed by atoms with Crippen molar-refractivity contribution in [2.45, 2.75) is 25.2 Å². The van der Waals surface area contributed by atoms with Gasteiger partial charge in [-0.15, -0.1) is 0 Å². The monoisotopic (exact) mass is 245 g/mol. The van der Waals surface area contributed by atoms with Gasteiger partial charge in [0.2, 0.25) is 0 Å². The van der Waals surface area contributed by atoms with Gasteiger partial charge < -0.3 is 5.21 Å². The minimum absolute atomic E-state index is 0.0677. The number of aryl methyl sites for hydroxylation is 1. The van der Waals surface area contributed by atoms with E-state index in [2.05, 4.69) is 15.1 Å². The molecule has 0 aliphatic carbocycles. The van der Waals surface area contributed by atoms with E-state index >= 15 is 0 Å². The molecule has 2 N–H and O–H groups in total. The topological polar surface area (TPSA) is 113 Å². The molecule has 1 aromatic heterocycles. The van der Waals surface area contributed by atoms with Crippen molar-refractivity contribution in [3.63, 3.8) is 0 Å². The lowest BCUT2D eigenvalue weighted by Gasteiger charge is -2.06. The summed E-state index contributed by atoms with van der Waals surface area (Å²) in [7, 11) is -4.43. The molecule has 0 radical (unpaired) electrons. The van der Waals surface area contributed by atoms with E-state index < -0.39 is 15.0 Å². The summed E-state index contributed by atoms with van der Waals surface area (Å²) in [4.78, 5) is 7.05. The third-order valence-electron chi connectivity index (χ3n) is 1.88. The molecule has 1 rings (SSSR count). The van der Waals surface area contributed by atoms with Gasteiger partial charge in [-0.25, -0.2) is 9.97 Å². The molecule has 1 heterocycles. The SMILES string of the molecule is CCC(=NO)c1nc(C)ncc1S(=O)(=O)O. The molecule has 0 saturated heterocycles. The molecule has 0 spiro atoms. The fraction of sp³-hybridized carbons (Fsp3) is 0.375. The summed E-state index contributed by atoms with van der Waals surface area (Å²) in [5.74, 6) is 0.317. The smallest absolute Gasteiger partial charge is 0.298 e. The van der Waals surface area contributed by atoms with Crippen LogP contribution in [0.5, 0.6) is 0 Å². The van der Waals surface area contributed by atoms with Crippen LogP contribution in [0.25, 0.3) is 0 Å². The van der Waals surface area contributed by atoms with Crippen LogP contribution in [0.2, 0.25) is 0 Å². The van der Waals surface area contributed by atoms with Crippen LogP contribution < -0.4 is 0 Å². The van der Waals surface area contributed by atoms with E-state index in [0.717, 1.165) is 6.20 Å². The van der Waals surface area contributed by atoms with Gasteiger partial charge in [0.25, 0.3) is 10.1 Å². The summed E-state index contributed by atoms with van der Waals surface area (Å²) in [6.07, 6.45) is 1.25. The highest BCUT2D eigenvalue weighted by Crippen LogP contribution is 2.14. The first-order valence-corrected chi connectivity index (χ1v) is 5.86. The second kappa shape index (κ2) is 4.54. The number of oxime groups is 1. The van der Waals surface area contributed by atoms with Gasteiger partial charge in [-0.3, -0.25) is 4.55 Å². The van der Waals surface area contributed by atoms with Crippen LogP contribution in [-0.2, 0) is 10.1 Å².